The van der Waals surface area contributed by atoms with E-state index < -0.39 is 12.1 Å². The van der Waals surface area contributed by atoms with E-state index in [1.807, 2.05) is 59.5 Å². The smallest absolute Gasteiger partial charge is 0.243 e. The van der Waals surface area contributed by atoms with Crippen molar-refractivity contribution >= 4 is 34.3 Å². The summed E-state index contributed by atoms with van der Waals surface area (Å²) >= 11 is 0. The fourth-order valence-corrected chi connectivity index (χ4v) is 5.70. The van der Waals surface area contributed by atoms with Gasteiger partial charge in [0.05, 0.1) is 6.04 Å². The third-order valence-electron chi connectivity index (χ3n) is 7.93. The SMILES string of the molecule is Nc1nccc2cc(CNC(=O)[C@@H]3CC(c4ccccc4)CN3C(=O)[C@H](N)CCC(=O)N3CCCC3)ccc12. The molecule has 1 aromatic heterocycles. The molecule has 2 aromatic carbocycles. The van der Waals surface area contributed by atoms with Crippen LogP contribution in [0.2, 0.25) is 0 Å². The van der Waals surface area contributed by atoms with Gasteiger partial charge in [-0.25, -0.2) is 4.98 Å². The van der Waals surface area contributed by atoms with Gasteiger partial charge in [-0.2, -0.15) is 0 Å². The number of benzene rings is 2. The van der Waals surface area contributed by atoms with E-state index >= 15 is 0 Å². The number of nitrogens with one attached hydrogen (secondary N) is 1. The second-order valence-corrected chi connectivity index (χ2v) is 10.6. The Morgan fingerprint density at radius 3 is 2.59 bits per heavy atom. The molecule has 0 bridgehead atoms. The maximum Gasteiger partial charge on any atom is 0.243 e. The van der Waals surface area contributed by atoms with Crippen LogP contribution in [0.3, 0.4) is 0 Å². The normalized spacial score (nSPS) is 19.8. The Labute approximate surface area is 228 Å². The monoisotopic (exact) mass is 528 g/mol. The Balaban J connectivity index is 1.26. The second-order valence-electron chi connectivity index (χ2n) is 10.6. The van der Waals surface area contributed by atoms with Crippen LogP contribution in [-0.4, -0.2) is 64.2 Å². The first-order valence-corrected chi connectivity index (χ1v) is 13.7. The van der Waals surface area contributed by atoms with Crippen LogP contribution in [0.1, 0.15) is 49.1 Å². The van der Waals surface area contributed by atoms with Crippen molar-refractivity contribution in [2.45, 2.75) is 56.7 Å². The molecule has 2 fully saturated rings. The molecule has 5 N–H and O–H groups in total. The molecular weight excluding hydrogens is 492 g/mol. The van der Waals surface area contributed by atoms with Crippen molar-refractivity contribution in [2.24, 2.45) is 5.73 Å². The molecule has 3 amide bonds. The van der Waals surface area contributed by atoms with Crippen molar-refractivity contribution in [3.63, 3.8) is 0 Å². The number of aromatic nitrogens is 1. The van der Waals surface area contributed by atoms with Gasteiger partial charge >= 0.3 is 0 Å². The lowest BCUT2D eigenvalue weighted by atomic mass is 9.96. The van der Waals surface area contributed by atoms with Crippen molar-refractivity contribution < 1.29 is 14.4 Å². The number of rotatable bonds is 8. The molecule has 1 unspecified atom stereocenters. The van der Waals surface area contributed by atoms with E-state index in [4.69, 9.17) is 11.5 Å². The number of hydrogen-bond donors (Lipinski definition) is 3. The highest BCUT2D eigenvalue weighted by atomic mass is 16.2. The fourth-order valence-electron chi connectivity index (χ4n) is 5.70. The van der Waals surface area contributed by atoms with Gasteiger partial charge in [0.15, 0.2) is 0 Å². The van der Waals surface area contributed by atoms with E-state index in [2.05, 4.69) is 10.3 Å². The van der Waals surface area contributed by atoms with E-state index in [1.165, 1.54) is 0 Å². The number of nitrogens with two attached hydrogens (primary N) is 2. The standard InChI is InChI=1S/C30H36N6O3/c31-25(10-11-27(37)35-14-4-5-15-35)30(39)36-19-23(21-6-2-1-3-7-21)17-26(36)29(38)34-18-20-8-9-24-22(16-20)12-13-33-28(24)32/h1-3,6-9,12-13,16,23,25-26H,4-5,10-11,14-15,17-19,31H2,(H2,32,33)(H,34,38)/t23?,25-,26+/m1/s1. The number of amides is 3. The zero-order valence-electron chi connectivity index (χ0n) is 22.1. The Morgan fingerprint density at radius 2 is 1.82 bits per heavy atom. The van der Waals surface area contributed by atoms with Gasteiger partial charge in [0.2, 0.25) is 17.7 Å². The maximum atomic E-state index is 13.5. The molecule has 0 saturated carbocycles. The summed E-state index contributed by atoms with van der Waals surface area (Å²) in [5.74, 6) is 0.0450. The third-order valence-corrected chi connectivity index (χ3v) is 7.93. The van der Waals surface area contributed by atoms with Gasteiger partial charge in [-0.05, 0) is 54.3 Å². The second kappa shape index (κ2) is 11.8. The molecule has 0 aliphatic carbocycles. The molecule has 2 saturated heterocycles. The number of nitrogens with zero attached hydrogens (tertiary/aromatic N) is 3. The number of nitrogen functional groups attached to an aromatic ring is 1. The van der Waals surface area contributed by atoms with Crippen LogP contribution in [0.15, 0.2) is 60.8 Å². The quantitative estimate of drug-likeness (QED) is 0.411. The molecule has 39 heavy (non-hydrogen) atoms. The Bertz CT molecular complexity index is 1340. The highest BCUT2D eigenvalue weighted by Gasteiger charge is 2.41. The van der Waals surface area contributed by atoms with Gasteiger partial charge in [-0.15, -0.1) is 0 Å². The van der Waals surface area contributed by atoms with Gasteiger partial charge in [0.25, 0.3) is 0 Å². The first-order valence-electron chi connectivity index (χ1n) is 13.7. The van der Waals surface area contributed by atoms with Crippen LogP contribution < -0.4 is 16.8 Å². The number of fused-ring (bicyclic) bond motifs is 1. The summed E-state index contributed by atoms with van der Waals surface area (Å²) < 4.78 is 0. The molecule has 3 atom stereocenters. The summed E-state index contributed by atoms with van der Waals surface area (Å²) in [7, 11) is 0. The predicted octanol–water partition coefficient (Wildman–Crippen LogP) is 2.55. The summed E-state index contributed by atoms with van der Waals surface area (Å²) in [5.41, 5.74) is 14.3. The van der Waals surface area contributed by atoms with Crippen LogP contribution in [0.5, 0.6) is 0 Å². The Hall–Kier alpha value is -3.98. The lowest BCUT2D eigenvalue weighted by molar-refractivity contribution is -0.140. The summed E-state index contributed by atoms with van der Waals surface area (Å²) in [6.07, 6.45) is 4.72. The molecule has 2 aliphatic heterocycles. The summed E-state index contributed by atoms with van der Waals surface area (Å²) in [6, 6.07) is 16.1. The molecule has 3 heterocycles. The summed E-state index contributed by atoms with van der Waals surface area (Å²) in [4.78, 5) is 47.0. The number of carbonyl (C=O) groups excluding carboxylic acids is 3. The van der Waals surface area contributed by atoms with Crippen molar-refractivity contribution in [1.29, 1.82) is 0 Å². The number of pyridine rings is 1. The van der Waals surface area contributed by atoms with E-state index in [9.17, 15) is 14.4 Å². The van der Waals surface area contributed by atoms with E-state index in [0.717, 1.165) is 47.8 Å². The van der Waals surface area contributed by atoms with Crippen molar-refractivity contribution in [3.8, 4) is 0 Å². The van der Waals surface area contributed by atoms with Crippen molar-refractivity contribution in [2.75, 3.05) is 25.4 Å². The molecule has 0 spiro atoms. The lowest BCUT2D eigenvalue weighted by Crippen LogP contribution is -2.51. The third kappa shape index (κ3) is 6.04. The Kier molecular flexibility index (Phi) is 8.07. The van der Waals surface area contributed by atoms with Crippen LogP contribution in [0.25, 0.3) is 10.8 Å². The largest absolute Gasteiger partial charge is 0.383 e. The zero-order chi connectivity index (χ0) is 27.4. The van der Waals surface area contributed by atoms with E-state index in [-0.39, 0.29) is 36.5 Å². The average molecular weight is 529 g/mol. The number of hydrogen-bond acceptors (Lipinski definition) is 6. The number of likely N-dealkylation sites (tertiary alicyclic amines) is 2. The fraction of sp³-hybridized carbons (Fsp3) is 0.400. The average Bonchev–Trinajstić information content (AvgIpc) is 3.66. The number of carbonyl (C=O) groups is 3. The first-order chi connectivity index (χ1) is 18.9. The molecule has 3 aromatic rings. The first kappa shape index (κ1) is 26.6. The molecule has 0 radical (unpaired) electrons. The highest BCUT2D eigenvalue weighted by molar-refractivity contribution is 5.92. The van der Waals surface area contributed by atoms with Gasteiger partial charge in [-0.1, -0.05) is 42.5 Å². The minimum atomic E-state index is -0.832. The van der Waals surface area contributed by atoms with Gasteiger partial charge in [0, 0.05) is 50.1 Å². The summed E-state index contributed by atoms with van der Waals surface area (Å²) in [6.45, 7) is 2.28. The van der Waals surface area contributed by atoms with E-state index in [1.54, 1.807) is 11.1 Å². The topological polar surface area (TPSA) is 135 Å². The lowest BCUT2D eigenvalue weighted by Gasteiger charge is -2.27. The zero-order valence-corrected chi connectivity index (χ0v) is 22.1. The minimum absolute atomic E-state index is 0.0282. The maximum absolute atomic E-state index is 13.5. The van der Waals surface area contributed by atoms with Crippen molar-refractivity contribution in [1.82, 2.24) is 20.1 Å². The van der Waals surface area contributed by atoms with Gasteiger partial charge in [0.1, 0.15) is 11.9 Å². The van der Waals surface area contributed by atoms with Crippen LogP contribution in [-0.2, 0) is 20.9 Å². The molecule has 204 valence electrons. The highest BCUT2D eigenvalue weighted by Crippen LogP contribution is 2.32. The molecule has 9 nitrogen and oxygen atoms in total. The van der Waals surface area contributed by atoms with E-state index in [0.29, 0.717) is 25.3 Å². The molecular formula is C30H36N6O3. The van der Waals surface area contributed by atoms with Gasteiger partial charge in [-0.3, -0.25) is 14.4 Å². The molecule has 9 heteroatoms. The minimum Gasteiger partial charge on any atom is -0.383 e. The summed E-state index contributed by atoms with van der Waals surface area (Å²) in [5, 5.41) is 4.84. The number of anilines is 1. The Morgan fingerprint density at radius 1 is 1.05 bits per heavy atom. The molecule has 5 rings (SSSR count). The molecule has 2 aliphatic rings. The predicted molar refractivity (Wildman–Crippen MR) is 150 cm³/mol. The van der Waals surface area contributed by atoms with Crippen LogP contribution in [0, 0.1) is 0 Å². The van der Waals surface area contributed by atoms with Crippen molar-refractivity contribution in [3.05, 3.63) is 71.9 Å². The van der Waals surface area contributed by atoms with Gasteiger partial charge < -0.3 is 26.6 Å². The van der Waals surface area contributed by atoms with Crippen LogP contribution in [0.4, 0.5) is 5.82 Å². The van der Waals surface area contributed by atoms with Crippen LogP contribution >= 0.6 is 0 Å².